The van der Waals surface area contributed by atoms with Crippen LogP contribution >= 0.6 is 0 Å². The fourth-order valence-electron chi connectivity index (χ4n) is 2.40. The van der Waals surface area contributed by atoms with Gasteiger partial charge < -0.3 is 19.9 Å². The van der Waals surface area contributed by atoms with Gasteiger partial charge in [0.05, 0.1) is 14.2 Å². The largest absolute Gasteiger partial charge is 0.508 e. The van der Waals surface area contributed by atoms with E-state index in [0.29, 0.717) is 11.7 Å². The summed E-state index contributed by atoms with van der Waals surface area (Å²) in [4.78, 5) is 0. The standard InChI is InChI=1S/C13H19NO3/c1-16-12-7-10(15)6-11(13(12)17-2)9-4-3-5-14-8-9/h6-7,9,14-15H,3-5,8H2,1-2H3. The number of aromatic hydroxyl groups is 1. The highest BCUT2D eigenvalue weighted by Gasteiger charge is 2.22. The van der Waals surface area contributed by atoms with Crippen LogP contribution in [0.15, 0.2) is 12.1 Å². The van der Waals surface area contributed by atoms with E-state index < -0.39 is 0 Å². The topological polar surface area (TPSA) is 50.7 Å². The number of phenolic OH excluding ortho intramolecular Hbond substituents is 1. The summed E-state index contributed by atoms with van der Waals surface area (Å²) in [6.45, 7) is 1.98. The summed E-state index contributed by atoms with van der Waals surface area (Å²) in [5, 5.41) is 13.1. The summed E-state index contributed by atoms with van der Waals surface area (Å²) < 4.78 is 10.7. The average molecular weight is 237 g/mol. The van der Waals surface area contributed by atoms with E-state index in [0.717, 1.165) is 37.2 Å². The van der Waals surface area contributed by atoms with Gasteiger partial charge in [-0.25, -0.2) is 0 Å². The maximum absolute atomic E-state index is 9.72. The average Bonchev–Trinajstić information content (AvgIpc) is 2.38. The van der Waals surface area contributed by atoms with E-state index in [1.54, 1.807) is 26.4 Å². The molecule has 0 aromatic heterocycles. The predicted molar refractivity (Wildman–Crippen MR) is 66.1 cm³/mol. The number of piperidine rings is 1. The van der Waals surface area contributed by atoms with Crippen molar-refractivity contribution in [1.29, 1.82) is 0 Å². The molecule has 0 aliphatic carbocycles. The van der Waals surface area contributed by atoms with Crippen molar-refractivity contribution in [2.24, 2.45) is 0 Å². The normalized spacial score (nSPS) is 20.0. The van der Waals surface area contributed by atoms with Gasteiger partial charge in [0, 0.05) is 24.1 Å². The molecule has 4 nitrogen and oxygen atoms in total. The van der Waals surface area contributed by atoms with Gasteiger partial charge in [-0.2, -0.15) is 0 Å². The molecular weight excluding hydrogens is 218 g/mol. The van der Waals surface area contributed by atoms with E-state index in [-0.39, 0.29) is 5.75 Å². The van der Waals surface area contributed by atoms with Crippen LogP contribution in [0.4, 0.5) is 0 Å². The minimum absolute atomic E-state index is 0.225. The van der Waals surface area contributed by atoms with Crippen molar-refractivity contribution in [2.45, 2.75) is 18.8 Å². The molecule has 0 bridgehead atoms. The Kier molecular flexibility index (Phi) is 3.74. The summed E-state index contributed by atoms with van der Waals surface area (Å²) >= 11 is 0. The Balaban J connectivity index is 2.39. The van der Waals surface area contributed by atoms with E-state index in [4.69, 9.17) is 9.47 Å². The monoisotopic (exact) mass is 237 g/mol. The van der Waals surface area contributed by atoms with Crippen molar-refractivity contribution in [2.75, 3.05) is 27.3 Å². The molecule has 1 atom stereocenters. The Morgan fingerprint density at radius 3 is 2.71 bits per heavy atom. The first-order valence-electron chi connectivity index (χ1n) is 5.92. The van der Waals surface area contributed by atoms with Gasteiger partial charge in [-0.3, -0.25) is 0 Å². The van der Waals surface area contributed by atoms with Gasteiger partial charge in [0.25, 0.3) is 0 Å². The van der Waals surface area contributed by atoms with Crippen LogP contribution in [0, 0.1) is 0 Å². The Morgan fingerprint density at radius 1 is 1.29 bits per heavy atom. The molecule has 1 heterocycles. The lowest BCUT2D eigenvalue weighted by molar-refractivity contribution is 0.341. The molecular formula is C13H19NO3. The highest BCUT2D eigenvalue weighted by Crippen LogP contribution is 2.40. The van der Waals surface area contributed by atoms with E-state index >= 15 is 0 Å². The lowest BCUT2D eigenvalue weighted by Crippen LogP contribution is -2.28. The lowest BCUT2D eigenvalue weighted by Gasteiger charge is -2.25. The van der Waals surface area contributed by atoms with E-state index in [9.17, 15) is 5.11 Å². The predicted octanol–water partition coefficient (Wildman–Crippen LogP) is 1.88. The molecule has 94 valence electrons. The lowest BCUT2D eigenvalue weighted by atomic mass is 9.90. The number of rotatable bonds is 3. The highest BCUT2D eigenvalue weighted by molar-refractivity contribution is 5.53. The van der Waals surface area contributed by atoms with Gasteiger partial charge in [0.2, 0.25) is 0 Å². The first-order valence-corrected chi connectivity index (χ1v) is 5.92. The van der Waals surface area contributed by atoms with Gasteiger partial charge in [0.15, 0.2) is 11.5 Å². The van der Waals surface area contributed by atoms with Crippen molar-refractivity contribution >= 4 is 0 Å². The Labute approximate surface area is 102 Å². The molecule has 0 spiro atoms. The minimum atomic E-state index is 0.225. The molecule has 1 fully saturated rings. The van der Waals surface area contributed by atoms with Crippen molar-refractivity contribution in [3.05, 3.63) is 17.7 Å². The summed E-state index contributed by atoms with van der Waals surface area (Å²) in [5.41, 5.74) is 1.02. The third-order valence-corrected chi connectivity index (χ3v) is 3.23. The van der Waals surface area contributed by atoms with Gasteiger partial charge in [0.1, 0.15) is 5.75 Å². The van der Waals surface area contributed by atoms with Gasteiger partial charge in [-0.1, -0.05) is 0 Å². The smallest absolute Gasteiger partial charge is 0.164 e. The van der Waals surface area contributed by atoms with Gasteiger partial charge >= 0.3 is 0 Å². The van der Waals surface area contributed by atoms with Crippen molar-refractivity contribution in [1.82, 2.24) is 5.32 Å². The second kappa shape index (κ2) is 5.27. The zero-order chi connectivity index (χ0) is 12.3. The molecule has 1 saturated heterocycles. The number of phenols is 1. The van der Waals surface area contributed by atoms with E-state index in [2.05, 4.69) is 5.32 Å². The van der Waals surface area contributed by atoms with Crippen molar-refractivity contribution in [3.63, 3.8) is 0 Å². The first-order chi connectivity index (χ1) is 8.26. The van der Waals surface area contributed by atoms with Crippen LogP contribution in [0.3, 0.4) is 0 Å². The number of ether oxygens (including phenoxy) is 2. The maximum atomic E-state index is 9.72. The van der Waals surface area contributed by atoms with Crippen molar-refractivity contribution in [3.8, 4) is 17.2 Å². The summed E-state index contributed by atoms with van der Waals surface area (Å²) in [6, 6.07) is 3.36. The number of nitrogens with one attached hydrogen (secondary N) is 1. The Hall–Kier alpha value is -1.42. The molecule has 0 amide bonds. The molecule has 2 N–H and O–H groups in total. The fraction of sp³-hybridized carbons (Fsp3) is 0.538. The molecule has 1 aromatic rings. The number of hydrogen-bond acceptors (Lipinski definition) is 4. The summed E-state index contributed by atoms with van der Waals surface area (Å²) in [5.74, 6) is 1.93. The Morgan fingerprint density at radius 2 is 2.12 bits per heavy atom. The molecule has 1 aliphatic rings. The quantitative estimate of drug-likeness (QED) is 0.842. The fourth-order valence-corrected chi connectivity index (χ4v) is 2.40. The van der Waals surface area contributed by atoms with Crippen LogP contribution in [0.25, 0.3) is 0 Å². The number of methoxy groups -OCH3 is 2. The van der Waals surface area contributed by atoms with E-state index in [1.165, 1.54) is 0 Å². The zero-order valence-electron chi connectivity index (χ0n) is 10.3. The Bertz CT molecular complexity index is 386. The summed E-state index contributed by atoms with van der Waals surface area (Å²) in [6.07, 6.45) is 2.25. The third kappa shape index (κ3) is 2.47. The van der Waals surface area contributed by atoms with Gasteiger partial charge in [-0.15, -0.1) is 0 Å². The van der Waals surface area contributed by atoms with Crippen molar-refractivity contribution < 1.29 is 14.6 Å². The van der Waals surface area contributed by atoms with Crippen LogP contribution < -0.4 is 14.8 Å². The van der Waals surface area contributed by atoms with Crippen LogP contribution in [0.1, 0.15) is 24.3 Å². The molecule has 1 aromatic carbocycles. The second-order valence-electron chi connectivity index (χ2n) is 4.31. The van der Waals surface area contributed by atoms with Crippen LogP contribution in [-0.4, -0.2) is 32.4 Å². The molecule has 1 aliphatic heterocycles. The number of hydrogen-bond donors (Lipinski definition) is 2. The summed E-state index contributed by atoms with van der Waals surface area (Å²) in [7, 11) is 3.22. The maximum Gasteiger partial charge on any atom is 0.164 e. The molecule has 0 saturated carbocycles. The molecule has 17 heavy (non-hydrogen) atoms. The second-order valence-corrected chi connectivity index (χ2v) is 4.31. The van der Waals surface area contributed by atoms with Crippen LogP contribution in [0.5, 0.6) is 17.2 Å². The SMILES string of the molecule is COc1cc(O)cc(C2CCCNC2)c1OC. The van der Waals surface area contributed by atoms with E-state index in [1.807, 2.05) is 0 Å². The van der Waals surface area contributed by atoms with Crippen LogP contribution in [0.2, 0.25) is 0 Å². The minimum Gasteiger partial charge on any atom is -0.508 e. The molecule has 0 radical (unpaired) electrons. The third-order valence-electron chi connectivity index (χ3n) is 3.23. The zero-order valence-corrected chi connectivity index (χ0v) is 10.3. The molecule has 2 rings (SSSR count). The van der Waals surface area contributed by atoms with Crippen LogP contribution in [-0.2, 0) is 0 Å². The molecule has 4 heteroatoms. The van der Waals surface area contributed by atoms with Gasteiger partial charge in [-0.05, 0) is 25.5 Å². The molecule has 1 unspecified atom stereocenters. The first kappa shape index (κ1) is 12.0. The highest BCUT2D eigenvalue weighted by atomic mass is 16.5. The number of benzene rings is 1.